The minimum Gasteiger partial charge on any atom is -0.329 e. The lowest BCUT2D eigenvalue weighted by Crippen LogP contribution is -2.43. The monoisotopic (exact) mass is 150 g/mol. The summed E-state index contributed by atoms with van der Waals surface area (Å²) in [5.41, 5.74) is 0. The molecule has 3 rings (SSSR count). The standard InChI is InChI=1S/C5H8O3.H3P/c1-4-2-7-5(6-1)8-3-4;/h4-5H,1-3H2;1H3. The molecule has 0 N–H and O–H groups in total. The van der Waals surface area contributed by atoms with Crippen LogP contribution in [0.25, 0.3) is 0 Å². The molecule has 54 valence electrons. The Kier molecular flexibility index (Phi) is 2.42. The molecule has 0 spiro atoms. The van der Waals surface area contributed by atoms with Crippen LogP contribution in [0.3, 0.4) is 0 Å². The fourth-order valence-electron chi connectivity index (χ4n) is 0.933. The second-order valence-electron chi connectivity index (χ2n) is 2.15. The zero-order valence-electron chi connectivity index (χ0n) is 5.21. The molecular weight excluding hydrogens is 139 g/mol. The molecule has 3 saturated heterocycles. The average Bonchev–Trinajstić information content (AvgIpc) is 1.92. The van der Waals surface area contributed by atoms with E-state index in [1.54, 1.807) is 0 Å². The van der Waals surface area contributed by atoms with Gasteiger partial charge in [-0.25, -0.2) is 0 Å². The number of rotatable bonds is 0. The average molecular weight is 150 g/mol. The van der Waals surface area contributed by atoms with Crippen LogP contribution in [0.15, 0.2) is 0 Å². The molecule has 0 saturated carbocycles. The summed E-state index contributed by atoms with van der Waals surface area (Å²) in [6, 6.07) is 0. The molecule has 0 aromatic heterocycles. The summed E-state index contributed by atoms with van der Waals surface area (Å²) < 4.78 is 15.1. The van der Waals surface area contributed by atoms with Crippen molar-refractivity contribution in [3.8, 4) is 0 Å². The van der Waals surface area contributed by atoms with Crippen molar-refractivity contribution in [2.75, 3.05) is 19.8 Å². The molecule has 3 aliphatic heterocycles. The van der Waals surface area contributed by atoms with Gasteiger partial charge in [0, 0.05) is 5.92 Å². The van der Waals surface area contributed by atoms with Crippen LogP contribution in [-0.4, -0.2) is 26.3 Å². The second kappa shape index (κ2) is 2.93. The van der Waals surface area contributed by atoms with Crippen LogP contribution < -0.4 is 0 Å². The summed E-state index contributed by atoms with van der Waals surface area (Å²) in [7, 11) is 0. The first-order valence-electron chi connectivity index (χ1n) is 2.80. The van der Waals surface area contributed by atoms with Crippen LogP contribution in [0.2, 0.25) is 0 Å². The van der Waals surface area contributed by atoms with Crippen molar-refractivity contribution >= 4 is 9.90 Å². The van der Waals surface area contributed by atoms with E-state index in [4.69, 9.17) is 14.2 Å². The Morgan fingerprint density at radius 3 is 1.44 bits per heavy atom. The van der Waals surface area contributed by atoms with Gasteiger partial charge in [0.15, 0.2) is 0 Å². The highest BCUT2D eigenvalue weighted by Gasteiger charge is 2.29. The molecule has 0 radical (unpaired) electrons. The minimum atomic E-state index is -0.347. The molecule has 3 heterocycles. The molecule has 0 aliphatic carbocycles. The molecule has 0 amide bonds. The van der Waals surface area contributed by atoms with Gasteiger partial charge < -0.3 is 14.2 Å². The quantitative estimate of drug-likeness (QED) is 0.455. The van der Waals surface area contributed by atoms with Gasteiger partial charge in [0.1, 0.15) is 0 Å². The molecule has 2 bridgehead atoms. The normalized spacial score (nSPS) is 40.0. The summed E-state index contributed by atoms with van der Waals surface area (Å²) in [5.74, 6) is 0.486. The van der Waals surface area contributed by atoms with E-state index in [0.29, 0.717) is 5.92 Å². The number of fused-ring (bicyclic) bond motifs is 3. The molecule has 3 nitrogen and oxygen atoms in total. The van der Waals surface area contributed by atoms with Gasteiger partial charge >= 0.3 is 0 Å². The Bertz CT molecular complexity index is 67.2. The van der Waals surface area contributed by atoms with Crippen molar-refractivity contribution < 1.29 is 14.2 Å². The Morgan fingerprint density at radius 1 is 0.889 bits per heavy atom. The van der Waals surface area contributed by atoms with Crippen molar-refractivity contribution in [1.82, 2.24) is 0 Å². The maximum Gasteiger partial charge on any atom is 0.271 e. The molecule has 0 aromatic carbocycles. The summed E-state index contributed by atoms with van der Waals surface area (Å²) in [6.45, 7) is 2.08. The van der Waals surface area contributed by atoms with Gasteiger partial charge in [-0.05, 0) is 0 Å². The van der Waals surface area contributed by atoms with Crippen molar-refractivity contribution in [1.29, 1.82) is 0 Å². The highest BCUT2D eigenvalue weighted by Crippen LogP contribution is 2.19. The predicted molar refractivity (Wildman–Crippen MR) is 36.2 cm³/mol. The Morgan fingerprint density at radius 2 is 1.33 bits per heavy atom. The summed E-state index contributed by atoms with van der Waals surface area (Å²) >= 11 is 0. The third-order valence-corrected chi connectivity index (χ3v) is 1.40. The summed E-state index contributed by atoms with van der Waals surface area (Å²) in [6.07, 6.45) is 0. The van der Waals surface area contributed by atoms with Gasteiger partial charge in [-0.1, -0.05) is 0 Å². The van der Waals surface area contributed by atoms with E-state index in [1.807, 2.05) is 0 Å². The fraction of sp³-hybridized carbons (Fsp3) is 1.00. The van der Waals surface area contributed by atoms with Crippen molar-refractivity contribution in [3.05, 3.63) is 0 Å². The molecule has 0 aromatic rings. The maximum absolute atomic E-state index is 5.03. The van der Waals surface area contributed by atoms with Gasteiger partial charge in [0.05, 0.1) is 19.8 Å². The lowest BCUT2D eigenvalue weighted by Gasteiger charge is -2.35. The first kappa shape index (κ1) is 7.42. The highest BCUT2D eigenvalue weighted by atomic mass is 31.0. The van der Waals surface area contributed by atoms with Crippen LogP contribution in [-0.2, 0) is 14.2 Å². The van der Waals surface area contributed by atoms with Crippen LogP contribution in [0.4, 0.5) is 0 Å². The summed E-state index contributed by atoms with van der Waals surface area (Å²) in [5, 5.41) is 0. The molecule has 3 fully saturated rings. The lowest BCUT2D eigenvalue weighted by atomic mass is 10.2. The largest absolute Gasteiger partial charge is 0.329 e. The molecule has 1 atom stereocenters. The highest BCUT2D eigenvalue weighted by molar-refractivity contribution is 6.92. The van der Waals surface area contributed by atoms with Crippen molar-refractivity contribution in [2.45, 2.75) is 6.48 Å². The van der Waals surface area contributed by atoms with E-state index < -0.39 is 0 Å². The number of hydrogen-bond donors (Lipinski definition) is 0. The van der Waals surface area contributed by atoms with Gasteiger partial charge in [-0.15, -0.1) is 0 Å². The minimum absolute atomic E-state index is 0. The van der Waals surface area contributed by atoms with Crippen LogP contribution in [0.5, 0.6) is 0 Å². The Labute approximate surface area is 57.3 Å². The van der Waals surface area contributed by atoms with E-state index in [1.165, 1.54) is 0 Å². The van der Waals surface area contributed by atoms with Gasteiger partial charge in [0.25, 0.3) is 6.48 Å². The molecule has 3 aliphatic rings. The van der Waals surface area contributed by atoms with Gasteiger partial charge in [0.2, 0.25) is 0 Å². The van der Waals surface area contributed by atoms with E-state index in [-0.39, 0.29) is 16.4 Å². The maximum atomic E-state index is 5.03. The number of hydrogen-bond acceptors (Lipinski definition) is 3. The number of ether oxygens (including phenoxy) is 3. The van der Waals surface area contributed by atoms with Crippen molar-refractivity contribution in [3.63, 3.8) is 0 Å². The lowest BCUT2D eigenvalue weighted by molar-refractivity contribution is -0.368. The molecular formula is C5H11O3P. The van der Waals surface area contributed by atoms with E-state index >= 15 is 0 Å². The Balaban J connectivity index is 0.000000405. The van der Waals surface area contributed by atoms with Crippen molar-refractivity contribution in [2.24, 2.45) is 5.92 Å². The van der Waals surface area contributed by atoms with Crippen LogP contribution in [0.1, 0.15) is 0 Å². The zero-order chi connectivity index (χ0) is 5.40. The summed E-state index contributed by atoms with van der Waals surface area (Å²) in [4.78, 5) is 0. The SMILES string of the molecule is C1OC2OCC1CO2.P. The predicted octanol–water partition coefficient (Wildman–Crippen LogP) is 0.0213. The smallest absolute Gasteiger partial charge is 0.271 e. The first-order valence-corrected chi connectivity index (χ1v) is 2.80. The third-order valence-electron chi connectivity index (χ3n) is 1.40. The van der Waals surface area contributed by atoms with Gasteiger partial charge in [-0.2, -0.15) is 9.90 Å². The van der Waals surface area contributed by atoms with E-state index in [9.17, 15) is 0 Å². The van der Waals surface area contributed by atoms with Crippen LogP contribution >= 0.6 is 9.90 Å². The van der Waals surface area contributed by atoms with E-state index in [0.717, 1.165) is 19.8 Å². The molecule has 1 unspecified atom stereocenters. The molecule has 9 heavy (non-hydrogen) atoms. The zero-order valence-corrected chi connectivity index (χ0v) is 6.62. The van der Waals surface area contributed by atoms with Crippen LogP contribution in [0, 0.1) is 5.92 Å². The molecule has 4 heteroatoms. The first-order chi connectivity index (χ1) is 3.95. The van der Waals surface area contributed by atoms with E-state index in [2.05, 4.69) is 0 Å². The second-order valence-corrected chi connectivity index (χ2v) is 2.15. The van der Waals surface area contributed by atoms with Gasteiger partial charge in [-0.3, -0.25) is 0 Å². The topological polar surface area (TPSA) is 27.7 Å². The Hall–Kier alpha value is 0.310. The third kappa shape index (κ3) is 1.41. The fourth-order valence-corrected chi connectivity index (χ4v) is 0.933.